The van der Waals surface area contributed by atoms with Gasteiger partial charge in [0.1, 0.15) is 6.04 Å². The smallest absolute Gasteiger partial charge is 0.241 e. The Hall–Kier alpha value is -2.34. The second kappa shape index (κ2) is 14.6. The zero-order valence-corrected chi connectivity index (χ0v) is 29.6. The van der Waals surface area contributed by atoms with Gasteiger partial charge in [0, 0.05) is 73.8 Å². The van der Waals surface area contributed by atoms with Crippen molar-refractivity contribution in [1.82, 2.24) is 29.2 Å². The Morgan fingerprint density at radius 2 is 1.91 bits per heavy atom. The number of nitrogens with zero attached hydrogens (tertiary/aromatic N) is 6. The van der Waals surface area contributed by atoms with Crippen molar-refractivity contribution in [3.05, 3.63) is 80.6 Å². The summed E-state index contributed by atoms with van der Waals surface area (Å²) in [5, 5.41) is 12.4. The molecule has 1 aromatic carbocycles. The van der Waals surface area contributed by atoms with E-state index in [1.54, 1.807) is 0 Å². The summed E-state index contributed by atoms with van der Waals surface area (Å²) >= 11 is 10.2. The number of piperazine rings is 1. The molecule has 0 radical (unpaired) electrons. The van der Waals surface area contributed by atoms with Crippen molar-refractivity contribution in [2.24, 2.45) is 13.0 Å². The molecule has 252 valence electrons. The molecule has 1 aliphatic heterocycles. The maximum atomic E-state index is 14.8. The minimum atomic E-state index is -1.13. The van der Waals surface area contributed by atoms with Crippen molar-refractivity contribution in [1.29, 1.82) is 0 Å². The van der Waals surface area contributed by atoms with Crippen LogP contribution >= 0.6 is 27.5 Å². The molecule has 2 aromatic heterocycles. The first-order valence-corrected chi connectivity index (χ1v) is 18.5. The highest BCUT2D eigenvalue weighted by molar-refractivity contribution is 9.10. The van der Waals surface area contributed by atoms with Gasteiger partial charge in [0.2, 0.25) is 12.3 Å². The van der Waals surface area contributed by atoms with Crippen molar-refractivity contribution >= 4 is 33.4 Å². The highest BCUT2D eigenvalue weighted by Gasteiger charge is 2.43. The number of amides is 1. The lowest BCUT2D eigenvalue weighted by atomic mass is 9.95. The topological polar surface area (TPSA) is 87.0 Å². The number of pyridine rings is 1. The molecular formula is C36H46BrClN6O3. The quantitative estimate of drug-likeness (QED) is 0.276. The van der Waals surface area contributed by atoms with Gasteiger partial charge in [-0.15, -0.1) is 0 Å². The fourth-order valence-corrected chi connectivity index (χ4v) is 8.33. The molecule has 3 aliphatic carbocycles. The van der Waals surface area contributed by atoms with Crippen LogP contribution in [-0.2, 0) is 35.8 Å². The number of aliphatic hydroxyl groups is 1. The van der Waals surface area contributed by atoms with Crippen LogP contribution in [0.2, 0.25) is 5.02 Å². The van der Waals surface area contributed by atoms with Gasteiger partial charge in [0.15, 0.2) is 0 Å². The van der Waals surface area contributed by atoms with E-state index in [2.05, 4.69) is 44.0 Å². The Balaban J connectivity index is 1.21. The van der Waals surface area contributed by atoms with Gasteiger partial charge in [-0.25, -0.2) is 9.88 Å². The van der Waals surface area contributed by atoms with Crippen LogP contribution in [0.5, 0.6) is 0 Å². The van der Waals surface area contributed by atoms with E-state index >= 15 is 0 Å². The highest BCUT2D eigenvalue weighted by Crippen LogP contribution is 2.39. The van der Waals surface area contributed by atoms with Crippen molar-refractivity contribution in [3.63, 3.8) is 0 Å². The number of aryl methyl sites for hydroxylation is 3. The Kier molecular flexibility index (Phi) is 10.3. The predicted molar refractivity (Wildman–Crippen MR) is 185 cm³/mol. The zero-order valence-electron chi connectivity index (χ0n) is 27.2. The molecule has 2 unspecified atom stereocenters. The third-order valence-electron chi connectivity index (χ3n) is 10.6. The first-order chi connectivity index (χ1) is 22.8. The molecule has 0 spiro atoms. The zero-order chi connectivity index (χ0) is 32.5. The lowest BCUT2D eigenvalue weighted by Crippen LogP contribution is -2.63. The molecular weight excluding hydrogens is 680 g/mol. The fraction of sp³-hybridized carbons (Fsp3) is 0.583. The summed E-state index contributed by atoms with van der Waals surface area (Å²) in [5.41, 5.74) is 5.74. The molecule has 4 aliphatic rings. The van der Waals surface area contributed by atoms with Gasteiger partial charge in [-0.3, -0.25) is 14.7 Å². The number of ether oxygens (including phenoxy) is 1. The van der Waals surface area contributed by atoms with Gasteiger partial charge in [-0.05, 0) is 95.3 Å². The van der Waals surface area contributed by atoms with Crippen LogP contribution in [0.4, 0.5) is 0 Å². The number of carbonyl (C=O) groups is 1. The summed E-state index contributed by atoms with van der Waals surface area (Å²) in [6.07, 6.45) is 14.6. The Bertz CT molecular complexity index is 1510. The van der Waals surface area contributed by atoms with Crippen LogP contribution in [0.3, 0.4) is 0 Å². The van der Waals surface area contributed by atoms with E-state index in [4.69, 9.17) is 21.3 Å². The fourth-order valence-electron chi connectivity index (χ4n) is 7.76. The summed E-state index contributed by atoms with van der Waals surface area (Å²) in [4.78, 5) is 30.5. The standard InChI is InChI=1S/C36H46BrClN6O3/c1-41-23-39-20-29(41)13-14-43(21-24-7-8-24)35(45)32-22-42(15-16-44(32)36(46)47-30-5-3-2-4-6-30)34-31-12-11-28(38)18-25(31)9-10-26-17-27(37)19-40-33(26)34/h11-12,17-20,23-24,30,32,34,36,46H,2-10,13-16,21-22H2,1H3/t32-,34?,36?/m1/s1. The van der Waals surface area contributed by atoms with Crippen LogP contribution in [0.15, 0.2) is 47.5 Å². The maximum Gasteiger partial charge on any atom is 0.241 e. The first kappa shape index (κ1) is 33.2. The lowest BCUT2D eigenvalue weighted by Gasteiger charge is -2.46. The van der Waals surface area contributed by atoms with Gasteiger partial charge >= 0.3 is 0 Å². The maximum absolute atomic E-state index is 14.8. The van der Waals surface area contributed by atoms with E-state index < -0.39 is 12.5 Å². The number of aromatic nitrogens is 3. The summed E-state index contributed by atoms with van der Waals surface area (Å²) in [6.45, 7) is 2.98. The molecule has 3 fully saturated rings. The molecule has 3 atom stereocenters. The first-order valence-electron chi connectivity index (χ1n) is 17.3. The van der Waals surface area contributed by atoms with Crippen LogP contribution in [0.25, 0.3) is 0 Å². The molecule has 1 amide bonds. The van der Waals surface area contributed by atoms with Crippen molar-refractivity contribution in [2.75, 3.05) is 32.7 Å². The van der Waals surface area contributed by atoms with Crippen molar-refractivity contribution < 1.29 is 14.6 Å². The molecule has 47 heavy (non-hydrogen) atoms. The van der Waals surface area contributed by atoms with Gasteiger partial charge in [0.05, 0.1) is 24.2 Å². The molecule has 1 N–H and O–H groups in total. The Morgan fingerprint density at radius 1 is 1.11 bits per heavy atom. The average Bonchev–Trinajstić information content (AvgIpc) is 3.83. The number of benzene rings is 1. The van der Waals surface area contributed by atoms with Crippen LogP contribution < -0.4 is 0 Å². The van der Waals surface area contributed by atoms with E-state index in [1.165, 1.54) is 23.1 Å². The third-order valence-corrected chi connectivity index (χ3v) is 11.3. The predicted octanol–water partition coefficient (Wildman–Crippen LogP) is 5.51. The average molecular weight is 726 g/mol. The number of imidazole rings is 1. The Labute approximate surface area is 291 Å². The lowest BCUT2D eigenvalue weighted by molar-refractivity contribution is -0.241. The third kappa shape index (κ3) is 7.63. The molecule has 1 saturated heterocycles. The summed E-state index contributed by atoms with van der Waals surface area (Å²) in [5.74, 6) is 0.596. The second-order valence-corrected chi connectivity index (χ2v) is 15.2. The van der Waals surface area contributed by atoms with E-state index in [0.29, 0.717) is 32.1 Å². The molecule has 11 heteroatoms. The molecule has 9 nitrogen and oxygen atoms in total. The SMILES string of the molecule is Cn1cncc1CCN(CC1CC1)C(=O)[C@H]1CN(C2c3ccc(Cl)cc3CCc3cc(Br)cnc32)CCN1C(O)OC1CCCCC1. The summed E-state index contributed by atoms with van der Waals surface area (Å²) < 4.78 is 9.29. The summed E-state index contributed by atoms with van der Waals surface area (Å²) in [7, 11) is 2.00. The van der Waals surface area contributed by atoms with E-state index in [1.807, 2.05) is 46.2 Å². The second-order valence-electron chi connectivity index (χ2n) is 13.9. The van der Waals surface area contributed by atoms with E-state index in [9.17, 15) is 9.90 Å². The number of halogens is 2. The van der Waals surface area contributed by atoms with Gasteiger partial charge < -0.3 is 19.3 Å². The minimum absolute atomic E-state index is 0.0212. The highest BCUT2D eigenvalue weighted by atomic mass is 79.9. The summed E-state index contributed by atoms with van der Waals surface area (Å²) in [6, 6.07) is 7.67. The van der Waals surface area contributed by atoms with E-state index in [0.717, 1.165) is 85.2 Å². The van der Waals surface area contributed by atoms with Crippen LogP contribution in [0, 0.1) is 5.92 Å². The number of fused-ring (bicyclic) bond motifs is 2. The number of hydrogen-bond acceptors (Lipinski definition) is 7. The van der Waals surface area contributed by atoms with Gasteiger partial charge in [-0.1, -0.05) is 36.9 Å². The molecule has 3 aromatic rings. The van der Waals surface area contributed by atoms with E-state index in [-0.39, 0.29) is 18.1 Å². The molecule has 0 bridgehead atoms. The molecule has 7 rings (SSSR count). The van der Waals surface area contributed by atoms with Crippen molar-refractivity contribution in [2.45, 2.75) is 88.8 Å². The van der Waals surface area contributed by atoms with Gasteiger partial charge in [-0.2, -0.15) is 0 Å². The van der Waals surface area contributed by atoms with Gasteiger partial charge in [0.25, 0.3) is 0 Å². The Morgan fingerprint density at radius 3 is 2.68 bits per heavy atom. The number of aliphatic hydroxyl groups excluding tert-OH is 1. The normalized spacial score (nSPS) is 23.1. The van der Waals surface area contributed by atoms with Crippen molar-refractivity contribution in [3.8, 4) is 0 Å². The number of rotatable bonds is 10. The molecule has 3 heterocycles. The monoisotopic (exact) mass is 724 g/mol. The number of hydrogen-bond donors (Lipinski definition) is 1. The van der Waals surface area contributed by atoms with Crippen LogP contribution in [-0.4, -0.2) is 91.5 Å². The molecule has 2 saturated carbocycles. The largest absolute Gasteiger partial charge is 0.356 e. The van der Waals surface area contributed by atoms with Crippen LogP contribution in [0.1, 0.15) is 79.1 Å². The number of carbonyl (C=O) groups excluding carboxylic acids is 1. The minimum Gasteiger partial charge on any atom is -0.356 e.